The predicted molar refractivity (Wildman–Crippen MR) is 121 cm³/mol. The Kier molecular flexibility index (Phi) is 6.42. The number of hydrogen-bond acceptors (Lipinski definition) is 4. The summed E-state index contributed by atoms with van der Waals surface area (Å²) in [6.07, 6.45) is 11.9. The third-order valence-corrected chi connectivity index (χ3v) is 6.67. The lowest BCUT2D eigenvalue weighted by molar-refractivity contribution is -0.0384. The fourth-order valence-electron chi connectivity index (χ4n) is 4.94. The van der Waals surface area contributed by atoms with Crippen LogP contribution >= 0.6 is 0 Å². The lowest BCUT2D eigenvalue weighted by Gasteiger charge is -2.29. The monoisotopic (exact) mass is 417 g/mol. The van der Waals surface area contributed by atoms with E-state index in [9.17, 15) is 0 Å². The average molecular weight is 418 g/mol. The second-order valence-electron chi connectivity index (χ2n) is 8.68. The van der Waals surface area contributed by atoms with Gasteiger partial charge in [-0.15, -0.1) is 0 Å². The van der Waals surface area contributed by atoms with Crippen LogP contribution in [-0.4, -0.2) is 27.5 Å². The molecule has 1 unspecified atom stereocenters. The van der Waals surface area contributed by atoms with Gasteiger partial charge in [-0.25, -0.2) is 4.68 Å². The van der Waals surface area contributed by atoms with Crippen LogP contribution < -0.4 is 0 Å². The Morgan fingerprint density at radius 3 is 2.58 bits per heavy atom. The highest BCUT2D eigenvalue weighted by atomic mass is 16.5. The van der Waals surface area contributed by atoms with Crippen LogP contribution in [0.4, 0.5) is 0 Å². The predicted octanol–water partition coefficient (Wildman–Crippen LogP) is 5.89. The first-order chi connectivity index (χ1) is 15.4. The van der Waals surface area contributed by atoms with Gasteiger partial charge in [0.25, 0.3) is 0 Å². The van der Waals surface area contributed by atoms with Crippen LogP contribution in [0, 0.1) is 0 Å². The zero-order valence-electron chi connectivity index (χ0n) is 18.0. The van der Waals surface area contributed by atoms with E-state index >= 15 is 0 Å². The molecule has 0 spiro atoms. The molecule has 3 aromatic rings. The van der Waals surface area contributed by atoms with Crippen LogP contribution in [0.15, 0.2) is 60.9 Å². The normalized spacial score (nSPS) is 24.2. The summed E-state index contributed by atoms with van der Waals surface area (Å²) in [7, 11) is 0. The fraction of sp³-hybridized carbons (Fsp3) is 0.462. The van der Waals surface area contributed by atoms with E-state index < -0.39 is 0 Å². The maximum atomic E-state index is 6.35. The first kappa shape index (κ1) is 20.4. The van der Waals surface area contributed by atoms with Crippen LogP contribution in [0.1, 0.15) is 68.3 Å². The van der Waals surface area contributed by atoms with E-state index in [1.165, 1.54) is 24.8 Å². The van der Waals surface area contributed by atoms with E-state index in [-0.39, 0.29) is 6.23 Å². The zero-order valence-corrected chi connectivity index (χ0v) is 18.0. The molecule has 0 amide bonds. The highest BCUT2D eigenvalue weighted by Gasteiger charge is 2.24. The van der Waals surface area contributed by atoms with Crippen molar-refractivity contribution in [3.05, 3.63) is 72.2 Å². The Morgan fingerprint density at radius 1 is 0.903 bits per heavy atom. The first-order valence-corrected chi connectivity index (χ1v) is 11.6. The Morgan fingerprint density at radius 2 is 1.77 bits per heavy atom. The molecule has 2 aromatic heterocycles. The maximum Gasteiger partial charge on any atom is 0.150 e. The molecule has 1 saturated carbocycles. The Balaban J connectivity index is 1.24. The van der Waals surface area contributed by atoms with Gasteiger partial charge >= 0.3 is 0 Å². The van der Waals surface area contributed by atoms with Crippen molar-refractivity contribution < 1.29 is 9.47 Å². The van der Waals surface area contributed by atoms with Crippen molar-refractivity contribution in [3.8, 4) is 11.3 Å². The number of ether oxygens (including phenoxy) is 2. The Hall–Kier alpha value is -2.50. The Bertz CT molecular complexity index is 958. The van der Waals surface area contributed by atoms with Crippen molar-refractivity contribution in [3.63, 3.8) is 0 Å². The molecule has 1 aromatic carbocycles. The number of pyridine rings is 1. The van der Waals surface area contributed by atoms with Gasteiger partial charge in [0, 0.05) is 24.6 Å². The maximum absolute atomic E-state index is 6.35. The molecular weight excluding hydrogens is 386 g/mol. The van der Waals surface area contributed by atoms with Gasteiger partial charge in [0.15, 0.2) is 6.23 Å². The minimum absolute atomic E-state index is 0.0148. The first-order valence-electron chi connectivity index (χ1n) is 11.6. The topological polar surface area (TPSA) is 49.2 Å². The van der Waals surface area contributed by atoms with Gasteiger partial charge in [0.1, 0.15) is 0 Å². The van der Waals surface area contributed by atoms with E-state index in [0.717, 1.165) is 49.2 Å². The van der Waals surface area contributed by atoms with Gasteiger partial charge in [-0.05, 0) is 74.6 Å². The molecule has 5 heteroatoms. The summed E-state index contributed by atoms with van der Waals surface area (Å²) in [6, 6.07) is 17.1. The smallest absolute Gasteiger partial charge is 0.150 e. The van der Waals surface area contributed by atoms with Crippen molar-refractivity contribution >= 4 is 0 Å². The molecule has 0 bridgehead atoms. The molecule has 1 atom stereocenters. The molecule has 1 aliphatic heterocycles. The van der Waals surface area contributed by atoms with E-state index in [0.29, 0.717) is 18.6 Å². The highest BCUT2D eigenvalue weighted by molar-refractivity contribution is 5.62. The summed E-state index contributed by atoms with van der Waals surface area (Å²) in [6.45, 7) is 1.34. The van der Waals surface area contributed by atoms with Crippen molar-refractivity contribution in [1.29, 1.82) is 0 Å². The molecule has 2 fully saturated rings. The molecule has 0 N–H and O–H groups in total. The number of benzene rings is 1. The summed E-state index contributed by atoms with van der Waals surface area (Å²) < 4.78 is 14.3. The molecule has 1 saturated heterocycles. The summed E-state index contributed by atoms with van der Waals surface area (Å²) >= 11 is 0. The SMILES string of the molecule is c1ccc([C@H]2CC[C@@H](OCc3ncccc3-c3ccnn3C3CCCCO3)CC2)cc1. The van der Waals surface area contributed by atoms with Gasteiger partial charge in [-0.2, -0.15) is 5.10 Å². The molecule has 5 rings (SSSR count). The molecule has 2 aliphatic rings. The van der Waals surface area contributed by atoms with Crippen LogP contribution in [0.2, 0.25) is 0 Å². The fourth-order valence-corrected chi connectivity index (χ4v) is 4.94. The van der Waals surface area contributed by atoms with E-state index in [2.05, 4.69) is 52.5 Å². The van der Waals surface area contributed by atoms with Gasteiger partial charge in [-0.3, -0.25) is 4.98 Å². The van der Waals surface area contributed by atoms with Gasteiger partial charge in [0.2, 0.25) is 0 Å². The minimum atomic E-state index is 0.0148. The summed E-state index contributed by atoms with van der Waals surface area (Å²) in [5, 5.41) is 4.57. The molecule has 3 heterocycles. The van der Waals surface area contributed by atoms with Crippen LogP contribution in [0.25, 0.3) is 11.3 Å². The van der Waals surface area contributed by atoms with Crippen molar-refractivity contribution in [2.45, 2.75) is 69.8 Å². The molecule has 1 aliphatic carbocycles. The van der Waals surface area contributed by atoms with Crippen LogP contribution in [0.3, 0.4) is 0 Å². The van der Waals surface area contributed by atoms with E-state index in [1.807, 2.05) is 23.1 Å². The number of hydrogen-bond donors (Lipinski definition) is 0. The van der Waals surface area contributed by atoms with Crippen molar-refractivity contribution in [2.24, 2.45) is 0 Å². The second-order valence-corrected chi connectivity index (χ2v) is 8.68. The quantitative estimate of drug-likeness (QED) is 0.502. The third-order valence-electron chi connectivity index (χ3n) is 6.67. The molecule has 162 valence electrons. The largest absolute Gasteiger partial charge is 0.372 e. The minimum Gasteiger partial charge on any atom is -0.372 e. The summed E-state index contributed by atoms with van der Waals surface area (Å²) in [5.74, 6) is 0.663. The van der Waals surface area contributed by atoms with Gasteiger partial charge in [0.05, 0.1) is 24.1 Å². The number of rotatable bonds is 6. The van der Waals surface area contributed by atoms with E-state index in [1.54, 1.807) is 0 Å². The number of nitrogens with zero attached hydrogens (tertiary/aromatic N) is 3. The Labute approximate surface area is 184 Å². The summed E-state index contributed by atoms with van der Waals surface area (Å²) in [4.78, 5) is 4.66. The third kappa shape index (κ3) is 4.73. The van der Waals surface area contributed by atoms with E-state index in [4.69, 9.17) is 9.47 Å². The molecule has 5 nitrogen and oxygen atoms in total. The standard InChI is InChI=1S/C26H31N3O2/c1-2-7-20(8-3-1)21-11-13-22(14-12-21)31-19-24-23(9-6-16-27-24)25-15-17-28-29(25)26-10-4-5-18-30-26/h1-3,6-9,15-17,21-22,26H,4-5,10-14,18-19H2/t21-,22+,26?. The summed E-state index contributed by atoms with van der Waals surface area (Å²) in [5.41, 5.74) is 4.59. The van der Waals surface area contributed by atoms with Gasteiger partial charge in [-0.1, -0.05) is 30.3 Å². The van der Waals surface area contributed by atoms with Gasteiger partial charge < -0.3 is 9.47 Å². The zero-order chi connectivity index (χ0) is 20.9. The lowest BCUT2D eigenvalue weighted by Crippen LogP contribution is -2.21. The molecular formula is C26H31N3O2. The average Bonchev–Trinajstić information content (AvgIpc) is 3.34. The lowest BCUT2D eigenvalue weighted by atomic mass is 9.83. The van der Waals surface area contributed by atoms with Crippen molar-refractivity contribution in [2.75, 3.05) is 6.61 Å². The molecule has 0 radical (unpaired) electrons. The van der Waals surface area contributed by atoms with Crippen LogP contribution in [0.5, 0.6) is 0 Å². The van der Waals surface area contributed by atoms with Crippen molar-refractivity contribution in [1.82, 2.24) is 14.8 Å². The highest BCUT2D eigenvalue weighted by Crippen LogP contribution is 2.35. The van der Waals surface area contributed by atoms with Crippen LogP contribution in [-0.2, 0) is 16.1 Å². The molecule has 31 heavy (non-hydrogen) atoms. The second kappa shape index (κ2) is 9.75. The number of aromatic nitrogens is 3.